The molecule has 3 rings (SSSR count). The molecule has 0 unspecified atom stereocenters. The standard InChI is InChI=1S/C13H8N4O2S/c18-13(19)8-1-2-9-10(5-8)15-7-17-12(9)20-11-3-4-14-6-16-11/h1-7H,(H,18,19). The highest BCUT2D eigenvalue weighted by Crippen LogP contribution is 2.29. The van der Waals surface area contributed by atoms with Gasteiger partial charge in [0.05, 0.1) is 11.1 Å². The Morgan fingerprint density at radius 2 is 2.00 bits per heavy atom. The first kappa shape index (κ1) is 12.5. The molecule has 0 saturated heterocycles. The Kier molecular flexibility index (Phi) is 3.26. The van der Waals surface area contributed by atoms with Crippen molar-refractivity contribution in [2.24, 2.45) is 0 Å². The monoisotopic (exact) mass is 284 g/mol. The van der Waals surface area contributed by atoms with E-state index in [4.69, 9.17) is 5.11 Å². The van der Waals surface area contributed by atoms with Gasteiger partial charge in [-0.3, -0.25) is 0 Å². The van der Waals surface area contributed by atoms with Crippen LogP contribution in [0.25, 0.3) is 10.9 Å². The molecule has 2 aromatic heterocycles. The molecule has 0 aliphatic rings. The second kappa shape index (κ2) is 5.22. The summed E-state index contributed by atoms with van der Waals surface area (Å²) in [5.74, 6) is -0.976. The molecule has 0 atom stereocenters. The van der Waals surface area contributed by atoms with Crippen LogP contribution in [-0.2, 0) is 0 Å². The van der Waals surface area contributed by atoms with Crippen LogP contribution in [0, 0.1) is 0 Å². The van der Waals surface area contributed by atoms with E-state index < -0.39 is 5.97 Å². The number of fused-ring (bicyclic) bond motifs is 1. The summed E-state index contributed by atoms with van der Waals surface area (Å²) < 4.78 is 0. The second-order valence-electron chi connectivity index (χ2n) is 3.87. The topological polar surface area (TPSA) is 88.9 Å². The number of hydrogen-bond donors (Lipinski definition) is 1. The zero-order valence-corrected chi connectivity index (χ0v) is 10.9. The van der Waals surface area contributed by atoms with Gasteiger partial charge >= 0.3 is 5.97 Å². The van der Waals surface area contributed by atoms with Crippen molar-refractivity contribution in [3.8, 4) is 0 Å². The number of benzene rings is 1. The Morgan fingerprint density at radius 1 is 1.10 bits per heavy atom. The molecule has 3 aromatic rings. The van der Waals surface area contributed by atoms with E-state index in [-0.39, 0.29) is 5.56 Å². The number of aromatic carboxylic acids is 1. The quantitative estimate of drug-likeness (QED) is 0.738. The second-order valence-corrected chi connectivity index (χ2v) is 4.87. The van der Waals surface area contributed by atoms with Crippen LogP contribution in [0.1, 0.15) is 10.4 Å². The van der Waals surface area contributed by atoms with Crippen molar-refractivity contribution in [2.45, 2.75) is 10.1 Å². The summed E-state index contributed by atoms with van der Waals surface area (Å²) in [4.78, 5) is 27.3. The Morgan fingerprint density at radius 3 is 2.75 bits per heavy atom. The molecule has 20 heavy (non-hydrogen) atoms. The van der Waals surface area contributed by atoms with E-state index in [9.17, 15) is 4.79 Å². The van der Waals surface area contributed by atoms with Gasteiger partial charge in [-0.05, 0) is 36.0 Å². The van der Waals surface area contributed by atoms with Crippen molar-refractivity contribution in [1.82, 2.24) is 19.9 Å². The summed E-state index contributed by atoms with van der Waals surface area (Å²) in [6.07, 6.45) is 4.53. The number of hydrogen-bond acceptors (Lipinski definition) is 6. The largest absolute Gasteiger partial charge is 0.478 e. The van der Waals surface area contributed by atoms with Crippen LogP contribution in [0.15, 0.2) is 53.2 Å². The van der Waals surface area contributed by atoms with Gasteiger partial charge < -0.3 is 5.11 Å². The molecule has 0 fully saturated rings. The summed E-state index contributed by atoms with van der Waals surface area (Å²) in [5.41, 5.74) is 0.797. The lowest BCUT2D eigenvalue weighted by Gasteiger charge is -2.04. The molecular weight excluding hydrogens is 276 g/mol. The number of nitrogens with zero attached hydrogens (tertiary/aromatic N) is 4. The fraction of sp³-hybridized carbons (Fsp3) is 0. The molecule has 0 spiro atoms. The van der Waals surface area contributed by atoms with Crippen LogP contribution < -0.4 is 0 Å². The highest BCUT2D eigenvalue weighted by Gasteiger charge is 2.09. The molecule has 1 aromatic carbocycles. The van der Waals surface area contributed by atoms with Gasteiger partial charge in [-0.1, -0.05) is 0 Å². The van der Waals surface area contributed by atoms with E-state index in [0.717, 1.165) is 15.4 Å². The molecule has 6 nitrogen and oxygen atoms in total. The van der Waals surface area contributed by atoms with E-state index >= 15 is 0 Å². The van der Waals surface area contributed by atoms with Crippen LogP contribution in [0.3, 0.4) is 0 Å². The van der Waals surface area contributed by atoms with Gasteiger partial charge in [0.25, 0.3) is 0 Å². The van der Waals surface area contributed by atoms with Crippen molar-refractivity contribution >= 4 is 28.6 Å². The summed E-state index contributed by atoms with van der Waals surface area (Å²) >= 11 is 1.38. The zero-order valence-electron chi connectivity index (χ0n) is 10.1. The highest BCUT2D eigenvalue weighted by molar-refractivity contribution is 7.99. The SMILES string of the molecule is O=C(O)c1ccc2c(Sc3ccncn3)ncnc2c1. The van der Waals surface area contributed by atoms with Crippen molar-refractivity contribution in [1.29, 1.82) is 0 Å². The number of rotatable bonds is 3. The van der Waals surface area contributed by atoms with E-state index in [1.165, 1.54) is 36.5 Å². The predicted molar refractivity (Wildman–Crippen MR) is 72.7 cm³/mol. The van der Waals surface area contributed by atoms with Gasteiger partial charge in [0.15, 0.2) is 0 Å². The fourth-order valence-electron chi connectivity index (χ4n) is 1.68. The minimum Gasteiger partial charge on any atom is -0.478 e. The van der Waals surface area contributed by atoms with Crippen molar-refractivity contribution in [3.05, 3.63) is 48.7 Å². The Hall–Kier alpha value is -2.54. The third-order valence-electron chi connectivity index (χ3n) is 2.60. The van der Waals surface area contributed by atoms with Crippen LogP contribution in [0.2, 0.25) is 0 Å². The van der Waals surface area contributed by atoms with Gasteiger partial charge in [-0.15, -0.1) is 0 Å². The third kappa shape index (κ3) is 2.43. The van der Waals surface area contributed by atoms with Crippen LogP contribution in [-0.4, -0.2) is 31.0 Å². The molecular formula is C13H8N4O2S. The van der Waals surface area contributed by atoms with E-state index in [1.54, 1.807) is 18.3 Å². The van der Waals surface area contributed by atoms with Gasteiger partial charge in [0.2, 0.25) is 0 Å². The maximum absolute atomic E-state index is 11.0. The van der Waals surface area contributed by atoms with E-state index in [1.807, 2.05) is 0 Å². The molecule has 0 aliphatic heterocycles. The Balaban J connectivity index is 2.06. The smallest absolute Gasteiger partial charge is 0.335 e. The number of carboxylic acids is 1. The predicted octanol–water partition coefficient (Wildman–Crippen LogP) is 2.27. The zero-order chi connectivity index (χ0) is 13.9. The van der Waals surface area contributed by atoms with Gasteiger partial charge in [0, 0.05) is 11.6 Å². The molecule has 0 saturated carbocycles. The van der Waals surface area contributed by atoms with Gasteiger partial charge in [-0.25, -0.2) is 24.7 Å². The van der Waals surface area contributed by atoms with E-state index in [0.29, 0.717) is 5.52 Å². The number of carbonyl (C=O) groups is 1. The lowest BCUT2D eigenvalue weighted by atomic mass is 10.1. The number of aromatic nitrogens is 4. The summed E-state index contributed by atoms with van der Waals surface area (Å²) in [5, 5.41) is 11.3. The highest BCUT2D eigenvalue weighted by atomic mass is 32.2. The molecule has 0 amide bonds. The number of carboxylic acid groups (broad SMARTS) is 1. The maximum Gasteiger partial charge on any atom is 0.335 e. The minimum atomic E-state index is -0.976. The summed E-state index contributed by atoms with van der Waals surface area (Å²) in [6.45, 7) is 0. The molecule has 2 heterocycles. The van der Waals surface area contributed by atoms with Gasteiger partial charge in [-0.2, -0.15) is 0 Å². The maximum atomic E-state index is 11.0. The normalized spacial score (nSPS) is 10.6. The molecule has 1 N–H and O–H groups in total. The average Bonchev–Trinajstić information content (AvgIpc) is 2.48. The molecule has 7 heteroatoms. The molecule has 98 valence electrons. The first-order valence-electron chi connectivity index (χ1n) is 5.66. The minimum absolute atomic E-state index is 0.203. The lowest BCUT2D eigenvalue weighted by Crippen LogP contribution is -1.97. The van der Waals surface area contributed by atoms with Crippen LogP contribution in [0.5, 0.6) is 0 Å². The lowest BCUT2D eigenvalue weighted by molar-refractivity contribution is 0.0697. The van der Waals surface area contributed by atoms with Crippen LogP contribution >= 0.6 is 11.8 Å². The molecule has 0 aliphatic carbocycles. The van der Waals surface area contributed by atoms with Crippen molar-refractivity contribution in [3.63, 3.8) is 0 Å². The summed E-state index contributed by atoms with van der Waals surface area (Å²) in [7, 11) is 0. The fourth-order valence-corrected chi connectivity index (χ4v) is 2.49. The first-order chi connectivity index (χ1) is 9.74. The molecule has 0 bridgehead atoms. The first-order valence-corrected chi connectivity index (χ1v) is 6.47. The Bertz CT molecular complexity index is 780. The van der Waals surface area contributed by atoms with Crippen molar-refractivity contribution in [2.75, 3.05) is 0 Å². The van der Waals surface area contributed by atoms with Crippen LogP contribution in [0.4, 0.5) is 0 Å². The van der Waals surface area contributed by atoms with Gasteiger partial charge in [0.1, 0.15) is 22.7 Å². The third-order valence-corrected chi connectivity index (χ3v) is 3.57. The molecule has 0 radical (unpaired) electrons. The van der Waals surface area contributed by atoms with E-state index in [2.05, 4.69) is 19.9 Å². The van der Waals surface area contributed by atoms with Crippen molar-refractivity contribution < 1.29 is 9.90 Å². The average molecular weight is 284 g/mol. The summed E-state index contributed by atoms with van der Waals surface area (Å²) in [6, 6.07) is 6.56. The Labute approximate surface area is 117 Å².